The van der Waals surface area contributed by atoms with Crippen molar-refractivity contribution in [3.63, 3.8) is 0 Å². The molecule has 2 heterocycles. The van der Waals surface area contributed by atoms with Crippen molar-refractivity contribution in [2.75, 3.05) is 32.1 Å². The van der Waals surface area contributed by atoms with Gasteiger partial charge in [0, 0.05) is 39.0 Å². The van der Waals surface area contributed by atoms with Gasteiger partial charge in [0.05, 0.1) is 6.61 Å². The second-order valence-corrected chi connectivity index (χ2v) is 5.17. The number of fused-ring (bicyclic) bond motifs is 1. The van der Waals surface area contributed by atoms with Crippen LogP contribution in [-0.4, -0.2) is 53.2 Å². The number of aryl methyl sites for hydroxylation is 1. The van der Waals surface area contributed by atoms with Crippen LogP contribution in [0.15, 0.2) is 6.20 Å². The van der Waals surface area contributed by atoms with Crippen LogP contribution in [0.1, 0.15) is 37.2 Å². The fraction of sp³-hybridized carbons (Fsp3) is 0.714. The molecule has 0 radical (unpaired) electrons. The molecule has 2 rings (SSSR count). The van der Waals surface area contributed by atoms with Crippen molar-refractivity contribution in [1.29, 1.82) is 0 Å². The Labute approximate surface area is 120 Å². The number of nitrogens with one attached hydrogen (secondary N) is 1. The van der Waals surface area contributed by atoms with Crippen LogP contribution in [0.3, 0.4) is 0 Å². The summed E-state index contributed by atoms with van der Waals surface area (Å²) in [5, 5.41) is 3.22. The van der Waals surface area contributed by atoms with E-state index in [0.717, 1.165) is 31.9 Å². The highest BCUT2D eigenvalue weighted by Crippen LogP contribution is 2.17. The highest BCUT2D eigenvalue weighted by Gasteiger charge is 2.24. The Kier molecular flexibility index (Phi) is 5.00. The fourth-order valence-electron chi connectivity index (χ4n) is 2.36. The molecular formula is C14H24N4O2. The molecule has 0 aliphatic carbocycles. The third kappa shape index (κ3) is 3.12. The van der Waals surface area contributed by atoms with E-state index in [0.29, 0.717) is 18.8 Å². The number of nitrogens with zero attached hydrogens (tertiary/aromatic N) is 3. The summed E-state index contributed by atoms with van der Waals surface area (Å²) in [4.78, 5) is 18.9. The number of ether oxygens (including phenoxy) is 1. The topological polar surface area (TPSA) is 59.4 Å². The molecule has 1 N–H and O–H groups in total. The first-order valence-electron chi connectivity index (χ1n) is 7.28. The third-order valence-corrected chi connectivity index (χ3v) is 3.77. The summed E-state index contributed by atoms with van der Waals surface area (Å²) in [6.07, 6.45) is 3.84. The first-order chi connectivity index (χ1) is 9.67. The molecule has 1 unspecified atom stereocenters. The Morgan fingerprint density at radius 1 is 1.65 bits per heavy atom. The van der Waals surface area contributed by atoms with Crippen molar-refractivity contribution in [2.24, 2.45) is 0 Å². The van der Waals surface area contributed by atoms with E-state index < -0.39 is 0 Å². The smallest absolute Gasteiger partial charge is 0.274 e. The number of rotatable bonds is 6. The van der Waals surface area contributed by atoms with Gasteiger partial charge in [-0.1, -0.05) is 6.92 Å². The van der Waals surface area contributed by atoms with Gasteiger partial charge < -0.3 is 19.5 Å². The molecule has 0 saturated carbocycles. The van der Waals surface area contributed by atoms with Crippen LogP contribution < -0.4 is 5.32 Å². The number of methoxy groups -OCH3 is 1. The molecule has 6 heteroatoms. The Morgan fingerprint density at radius 2 is 2.45 bits per heavy atom. The lowest BCUT2D eigenvalue weighted by Gasteiger charge is -2.27. The van der Waals surface area contributed by atoms with Crippen molar-refractivity contribution in [2.45, 2.75) is 39.3 Å². The molecule has 1 aliphatic rings. The van der Waals surface area contributed by atoms with Crippen molar-refractivity contribution in [3.05, 3.63) is 11.9 Å². The quantitative estimate of drug-likeness (QED) is 0.859. The number of amides is 1. The Morgan fingerprint density at radius 3 is 3.10 bits per heavy atom. The summed E-state index contributed by atoms with van der Waals surface area (Å²) in [5.74, 6) is 0.788. The molecule has 1 aliphatic heterocycles. The molecular weight excluding hydrogens is 256 g/mol. The number of hydrogen-bond acceptors (Lipinski definition) is 4. The highest BCUT2D eigenvalue weighted by atomic mass is 16.5. The fourth-order valence-corrected chi connectivity index (χ4v) is 2.36. The zero-order valence-corrected chi connectivity index (χ0v) is 12.6. The molecule has 0 fully saturated rings. The molecule has 112 valence electrons. The minimum atomic E-state index is -0.0138. The lowest BCUT2D eigenvalue weighted by Crippen LogP contribution is -2.40. The first-order valence-corrected chi connectivity index (χ1v) is 7.28. The average Bonchev–Trinajstić information content (AvgIpc) is 2.90. The third-order valence-electron chi connectivity index (χ3n) is 3.77. The van der Waals surface area contributed by atoms with Gasteiger partial charge in [-0.25, -0.2) is 4.98 Å². The largest absolute Gasteiger partial charge is 0.383 e. The molecule has 1 amide bonds. The van der Waals surface area contributed by atoms with Gasteiger partial charge in [-0.15, -0.1) is 0 Å². The number of carbonyl (C=O) groups excluding carboxylic acids is 1. The van der Waals surface area contributed by atoms with E-state index >= 15 is 0 Å². The normalized spacial score (nSPS) is 15.3. The van der Waals surface area contributed by atoms with Crippen LogP contribution in [0.4, 0.5) is 5.95 Å². The Hall–Kier alpha value is -1.56. The van der Waals surface area contributed by atoms with Gasteiger partial charge in [0.1, 0.15) is 5.69 Å². The summed E-state index contributed by atoms with van der Waals surface area (Å²) >= 11 is 0. The second kappa shape index (κ2) is 6.74. The molecule has 1 aromatic heterocycles. The van der Waals surface area contributed by atoms with E-state index in [1.807, 2.05) is 15.7 Å². The number of imidazole rings is 1. The minimum absolute atomic E-state index is 0.0138. The van der Waals surface area contributed by atoms with E-state index in [2.05, 4.69) is 24.1 Å². The summed E-state index contributed by atoms with van der Waals surface area (Å²) in [6.45, 7) is 7.12. The van der Waals surface area contributed by atoms with Crippen LogP contribution in [-0.2, 0) is 11.3 Å². The Balaban J connectivity index is 2.15. The van der Waals surface area contributed by atoms with Crippen molar-refractivity contribution >= 4 is 11.9 Å². The van der Waals surface area contributed by atoms with E-state index in [9.17, 15) is 4.79 Å². The van der Waals surface area contributed by atoms with Crippen LogP contribution in [0.5, 0.6) is 0 Å². The summed E-state index contributed by atoms with van der Waals surface area (Å²) < 4.78 is 7.12. The van der Waals surface area contributed by atoms with Crippen LogP contribution in [0.25, 0.3) is 0 Å². The zero-order chi connectivity index (χ0) is 14.5. The molecule has 0 aromatic carbocycles. The predicted molar refractivity (Wildman–Crippen MR) is 78.0 cm³/mol. The van der Waals surface area contributed by atoms with E-state index in [-0.39, 0.29) is 11.9 Å². The maximum Gasteiger partial charge on any atom is 0.274 e. The number of anilines is 1. The standard InChI is InChI=1S/C14H24N4O2/c1-4-11(2)18(8-9-20-3)13(19)12-10-17-7-5-6-15-14(17)16-12/h10-11H,4-9H2,1-3H3,(H,15,16). The van der Waals surface area contributed by atoms with Gasteiger partial charge in [0.25, 0.3) is 5.91 Å². The van der Waals surface area contributed by atoms with Crippen LogP contribution in [0.2, 0.25) is 0 Å². The molecule has 0 bridgehead atoms. The average molecular weight is 280 g/mol. The lowest BCUT2D eigenvalue weighted by atomic mass is 10.2. The molecule has 1 atom stereocenters. The molecule has 0 spiro atoms. The summed E-state index contributed by atoms with van der Waals surface area (Å²) in [6, 6.07) is 0.185. The Bertz CT molecular complexity index is 435. The summed E-state index contributed by atoms with van der Waals surface area (Å²) in [5.41, 5.74) is 0.519. The SMILES string of the molecule is CCC(C)N(CCOC)C(=O)c1cn2c(n1)NCCC2. The van der Waals surface area contributed by atoms with E-state index in [4.69, 9.17) is 4.74 Å². The van der Waals surface area contributed by atoms with Gasteiger partial charge in [-0.05, 0) is 19.8 Å². The van der Waals surface area contributed by atoms with Gasteiger partial charge in [0.15, 0.2) is 0 Å². The molecule has 20 heavy (non-hydrogen) atoms. The number of aromatic nitrogens is 2. The number of hydrogen-bond donors (Lipinski definition) is 1. The van der Waals surface area contributed by atoms with Crippen molar-refractivity contribution in [3.8, 4) is 0 Å². The van der Waals surface area contributed by atoms with Crippen LogP contribution >= 0.6 is 0 Å². The van der Waals surface area contributed by atoms with Crippen molar-refractivity contribution in [1.82, 2.24) is 14.5 Å². The second-order valence-electron chi connectivity index (χ2n) is 5.17. The predicted octanol–water partition coefficient (Wildman–Crippen LogP) is 1.59. The van der Waals surface area contributed by atoms with Gasteiger partial charge in [-0.2, -0.15) is 0 Å². The zero-order valence-electron chi connectivity index (χ0n) is 12.6. The molecule has 6 nitrogen and oxygen atoms in total. The minimum Gasteiger partial charge on any atom is -0.383 e. The molecule has 1 aromatic rings. The monoisotopic (exact) mass is 280 g/mol. The highest BCUT2D eigenvalue weighted by molar-refractivity contribution is 5.92. The van der Waals surface area contributed by atoms with Gasteiger partial charge in [-0.3, -0.25) is 4.79 Å². The maximum absolute atomic E-state index is 12.6. The number of carbonyl (C=O) groups is 1. The lowest BCUT2D eigenvalue weighted by molar-refractivity contribution is 0.0608. The van der Waals surface area contributed by atoms with Gasteiger partial charge >= 0.3 is 0 Å². The van der Waals surface area contributed by atoms with Crippen molar-refractivity contribution < 1.29 is 9.53 Å². The van der Waals surface area contributed by atoms with Crippen LogP contribution in [0, 0.1) is 0 Å². The maximum atomic E-state index is 12.6. The van der Waals surface area contributed by atoms with Gasteiger partial charge in [0.2, 0.25) is 5.95 Å². The first kappa shape index (κ1) is 14.8. The van der Waals surface area contributed by atoms with E-state index in [1.165, 1.54) is 0 Å². The summed E-state index contributed by atoms with van der Waals surface area (Å²) in [7, 11) is 1.65. The van der Waals surface area contributed by atoms with E-state index in [1.54, 1.807) is 7.11 Å². The molecule has 0 saturated heterocycles.